The van der Waals surface area contributed by atoms with E-state index < -0.39 is 17.2 Å². The third-order valence-corrected chi connectivity index (χ3v) is 6.25. The standard InChI is InChI=1S/C26H22B3F3N8O2.C2H6/c1-34-9-16-19(33)24(39-21(37-16)18-20(14-7-8-14)35-12-36-23(18)42-26(27,28)29)41-11-13-3-5-15(6-4-13)22-38-17(10-40(22)2)25(30,31)32;1-2/h3-6,9-10,12,14H,7-8,11,33H2,1-2H3;1-2H3. The second-order valence-corrected chi connectivity index (χ2v) is 9.75. The number of aliphatic imine (C=N–C) groups is 1. The highest BCUT2D eigenvalue weighted by Gasteiger charge is 2.35. The van der Waals surface area contributed by atoms with E-state index >= 15 is 0 Å². The van der Waals surface area contributed by atoms with Gasteiger partial charge in [0.2, 0.25) is 11.8 Å². The molecule has 4 aromatic rings. The number of imidazole rings is 1. The summed E-state index contributed by atoms with van der Waals surface area (Å²) in [6.45, 7) is 4.03. The maximum atomic E-state index is 13.1. The Kier molecular flexibility index (Phi) is 9.70. The van der Waals surface area contributed by atoms with Gasteiger partial charge >= 0.3 is 6.18 Å². The van der Waals surface area contributed by atoms with Crippen molar-refractivity contribution >= 4 is 35.4 Å². The van der Waals surface area contributed by atoms with Crippen molar-refractivity contribution in [2.75, 3.05) is 12.8 Å². The number of ether oxygens (including phenoxy) is 2. The van der Waals surface area contributed by atoms with Gasteiger partial charge in [0.05, 0.1) is 5.69 Å². The molecule has 16 heteroatoms. The number of aryl methyl sites for hydroxylation is 1. The monoisotopic (exact) mass is 598 g/mol. The van der Waals surface area contributed by atoms with E-state index in [1.54, 1.807) is 31.3 Å². The Labute approximate surface area is 257 Å². The van der Waals surface area contributed by atoms with Crippen molar-refractivity contribution < 1.29 is 22.6 Å². The fourth-order valence-electron chi connectivity index (χ4n) is 4.18. The predicted molar refractivity (Wildman–Crippen MR) is 163 cm³/mol. The Morgan fingerprint density at radius 1 is 1.05 bits per heavy atom. The van der Waals surface area contributed by atoms with Gasteiger partial charge in [-0.2, -0.15) is 18.2 Å². The van der Waals surface area contributed by atoms with Crippen LogP contribution in [0.15, 0.2) is 41.8 Å². The number of nitrogens with two attached hydrogens (primary N) is 1. The quantitative estimate of drug-likeness (QED) is 0.227. The lowest BCUT2D eigenvalue weighted by Crippen LogP contribution is -2.38. The van der Waals surface area contributed by atoms with E-state index in [9.17, 15) is 13.2 Å². The average Bonchev–Trinajstić information content (AvgIpc) is 3.74. The summed E-state index contributed by atoms with van der Waals surface area (Å²) >= 11 is 0. The molecule has 5 rings (SSSR count). The van der Waals surface area contributed by atoms with E-state index in [4.69, 9.17) is 38.7 Å². The van der Waals surface area contributed by atoms with Crippen LogP contribution in [0.5, 0.6) is 11.8 Å². The van der Waals surface area contributed by atoms with Crippen LogP contribution in [0, 0.1) is 0 Å². The van der Waals surface area contributed by atoms with Crippen molar-refractivity contribution in [3.63, 3.8) is 0 Å². The first kappa shape index (κ1) is 32.6. The van der Waals surface area contributed by atoms with Gasteiger partial charge in [-0.3, -0.25) is 4.99 Å². The van der Waals surface area contributed by atoms with E-state index in [0.29, 0.717) is 22.4 Å². The topological polar surface area (TPSA) is 126 Å². The van der Waals surface area contributed by atoms with Crippen LogP contribution in [0.25, 0.3) is 22.8 Å². The molecule has 222 valence electrons. The molecule has 1 saturated carbocycles. The number of hydrogen-bond donors (Lipinski definition) is 1. The van der Waals surface area contributed by atoms with E-state index in [2.05, 4.69) is 29.9 Å². The molecule has 10 nitrogen and oxygen atoms in total. The molecular weight excluding hydrogens is 570 g/mol. The molecule has 0 aliphatic heterocycles. The molecule has 1 aromatic carbocycles. The van der Waals surface area contributed by atoms with Crippen LogP contribution in [0.2, 0.25) is 0 Å². The smallest absolute Gasteiger partial charge is 0.434 e. The second-order valence-electron chi connectivity index (χ2n) is 9.75. The van der Waals surface area contributed by atoms with E-state index in [-0.39, 0.29) is 47.3 Å². The van der Waals surface area contributed by atoms with Crippen molar-refractivity contribution in [1.29, 1.82) is 0 Å². The zero-order valence-electron chi connectivity index (χ0n) is 24.6. The molecule has 0 unspecified atom stereocenters. The van der Waals surface area contributed by atoms with Gasteiger partial charge in [-0.05, 0) is 23.7 Å². The number of benzene rings is 1. The number of anilines is 1. The van der Waals surface area contributed by atoms with Crippen LogP contribution in [0.3, 0.4) is 0 Å². The summed E-state index contributed by atoms with van der Waals surface area (Å²) in [5, 5.41) is -2.03. The van der Waals surface area contributed by atoms with Crippen LogP contribution < -0.4 is 15.2 Å². The molecule has 2 N–H and O–H groups in total. The first-order valence-corrected chi connectivity index (χ1v) is 13.7. The van der Waals surface area contributed by atoms with Crippen LogP contribution in [0.4, 0.5) is 18.9 Å². The fourth-order valence-corrected chi connectivity index (χ4v) is 4.18. The first-order valence-electron chi connectivity index (χ1n) is 13.7. The minimum absolute atomic E-state index is 0.00642. The summed E-state index contributed by atoms with van der Waals surface area (Å²) in [5.41, 5.74) is 7.94. The molecule has 0 amide bonds. The summed E-state index contributed by atoms with van der Waals surface area (Å²) in [7, 11) is 20.1. The normalized spacial score (nSPS) is 13.4. The van der Waals surface area contributed by atoms with Crippen molar-refractivity contribution in [2.45, 2.75) is 50.7 Å². The number of hydrogen-bond acceptors (Lipinski definition) is 9. The molecule has 1 fully saturated rings. The third kappa shape index (κ3) is 7.58. The third-order valence-electron chi connectivity index (χ3n) is 6.25. The summed E-state index contributed by atoms with van der Waals surface area (Å²) in [4.78, 5) is 25.4. The number of rotatable bonds is 9. The van der Waals surface area contributed by atoms with Crippen LogP contribution in [0.1, 0.15) is 55.3 Å². The van der Waals surface area contributed by atoms with Crippen molar-refractivity contribution in [2.24, 2.45) is 12.0 Å². The Hall–Kier alpha value is -4.36. The Bertz CT molecular complexity index is 1640. The molecule has 6 radical (unpaired) electrons. The van der Waals surface area contributed by atoms with Crippen molar-refractivity contribution in [3.8, 4) is 34.5 Å². The average molecular weight is 598 g/mol. The molecule has 0 saturated heterocycles. The minimum atomic E-state index is -4.54. The SMILES string of the molecule is CC.[B]C([B])([B])Oc1ncnc(C2CC2)c1-c1nc(C=NC)c(N)c(OCc2ccc(-c3nc(C(F)(F)F)cn3C)cc2)n1. The summed E-state index contributed by atoms with van der Waals surface area (Å²) < 4.78 is 52.0. The Morgan fingerprint density at radius 3 is 2.30 bits per heavy atom. The minimum Gasteiger partial charge on any atom is -0.500 e. The molecule has 0 bridgehead atoms. The Morgan fingerprint density at radius 2 is 1.73 bits per heavy atom. The zero-order chi connectivity index (χ0) is 32.2. The molecule has 1 aliphatic carbocycles. The van der Waals surface area contributed by atoms with Gasteiger partial charge in [0, 0.05) is 38.0 Å². The Balaban J connectivity index is 0.00000216. The lowest BCUT2D eigenvalue weighted by Gasteiger charge is -2.24. The molecule has 3 heterocycles. The van der Waals surface area contributed by atoms with E-state index in [1.165, 1.54) is 24.2 Å². The van der Waals surface area contributed by atoms with Gasteiger partial charge in [-0.1, -0.05) is 38.1 Å². The van der Waals surface area contributed by atoms with E-state index in [0.717, 1.165) is 19.0 Å². The van der Waals surface area contributed by atoms with Crippen LogP contribution in [-0.4, -0.2) is 71.6 Å². The summed E-state index contributed by atoms with van der Waals surface area (Å²) in [6, 6.07) is 6.71. The number of aromatic nitrogens is 6. The second kappa shape index (κ2) is 13.1. The molecule has 0 atom stereocenters. The highest BCUT2D eigenvalue weighted by Crippen LogP contribution is 2.45. The fraction of sp³-hybridized carbons (Fsp3) is 0.357. The van der Waals surface area contributed by atoms with Crippen LogP contribution in [-0.2, 0) is 19.8 Å². The van der Waals surface area contributed by atoms with Gasteiger partial charge in [-0.15, -0.1) is 0 Å². The lowest BCUT2D eigenvalue weighted by atomic mass is 9.52. The largest absolute Gasteiger partial charge is 0.500 e. The van der Waals surface area contributed by atoms with Gasteiger partial charge in [0.15, 0.2) is 11.5 Å². The number of nitrogen functional groups attached to an aromatic ring is 1. The van der Waals surface area contributed by atoms with Gasteiger partial charge in [0.25, 0.3) is 0 Å². The molecule has 3 aromatic heterocycles. The van der Waals surface area contributed by atoms with E-state index in [1.807, 2.05) is 13.8 Å². The molecular formula is C28H28B3F3N8O2. The maximum absolute atomic E-state index is 13.1. The summed E-state index contributed by atoms with van der Waals surface area (Å²) in [5.74, 6) is 0.490. The van der Waals surface area contributed by atoms with Gasteiger partial charge in [0.1, 0.15) is 59.2 Å². The van der Waals surface area contributed by atoms with Crippen molar-refractivity contribution in [3.05, 3.63) is 59.4 Å². The highest BCUT2D eigenvalue weighted by atomic mass is 19.4. The van der Waals surface area contributed by atoms with Crippen molar-refractivity contribution in [1.82, 2.24) is 29.5 Å². The lowest BCUT2D eigenvalue weighted by molar-refractivity contribution is -0.140. The molecule has 0 spiro atoms. The highest BCUT2D eigenvalue weighted by molar-refractivity contribution is 6.58. The van der Waals surface area contributed by atoms with Gasteiger partial charge in [-0.25, -0.2) is 19.9 Å². The first-order chi connectivity index (χ1) is 20.8. The number of alkyl halides is 3. The molecule has 44 heavy (non-hydrogen) atoms. The maximum Gasteiger partial charge on any atom is 0.434 e. The van der Waals surface area contributed by atoms with Gasteiger partial charge < -0.3 is 19.8 Å². The zero-order valence-corrected chi connectivity index (χ0v) is 24.6. The number of halogens is 3. The summed E-state index contributed by atoms with van der Waals surface area (Å²) in [6.07, 6.45) is 0.967. The predicted octanol–water partition coefficient (Wildman–Crippen LogP) is 3.96. The molecule has 1 aliphatic rings. The number of nitrogens with zero attached hydrogens (tertiary/aromatic N) is 7. The van der Waals surface area contributed by atoms with Crippen LogP contribution >= 0.6 is 0 Å².